The van der Waals surface area contributed by atoms with Gasteiger partial charge in [-0.2, -0.15) is 0 Å². The Bertz CT molecular complexity index is 207. The summed E-state index contributed by atoms with van der Waals surface area (Å²) in [6.45, 7) is 4.78. The highest BCUT2D eigenvalue weighted by Gasteiger charge is 2.59. The lowest BCUT2D eigenvalue weighted by atomic mass is 9.44. The smallest absolute Gasteiger partial charge is 0.0660 e. The second-order valence-corrected chi connectivity index (χ2v) is 6.85. The molecule has 0 heterocycles. The standard InChI is InChI=1S/C12H20O/c1-10-3-9-4-11(2,6-10)8-12(13,5-9)7-10/h9,13H,3-8H2,1-2H3/t9?,10-,11?,12?/m1/s1. The minimum absolute atomic E-state index is 0.275. The van der Waals surface area contributed by atoms with Gasteiger partial charge in [-0.05, 0) is 55.3 Å². The zero-order valence-electron chi connectivity index (χ0n) is 8.77. The first-order valence-corrected chi connectivity index (χ1v) is 5.63. The largest absolute Gasteiger partial charge is 0.390 e. The van der Waals surface area contributed by atoms with Gasteiger partial charge in [0, 0.05) is 0 Å². The van der Waals surface area contributed by atoms with E-state index in [4.69, 9.17) is 0 Å². The van der Waals surface area contributed by atoms with Crippen LogP contribution in [0.3, 0.4) is 0 Å². The van der Waals surface area contributed by atoms with Crippen LogP contribution in [0.4, 0.5) is 0 Å². The van der Waals surface area contributed by atoms with Crippen molar-refractivity contribution < 1.29 is 5.11 Å². The Hall–Kier alpha value is -0.0400. The van der Waals surface area contributed by atoms with Crippen LogP contribution < -0.4 is 0 Å². The van der Waals surface area contributed by atoms with Crippen molar-refractivity contribution in [3.63, 3.8) is 0 Å². The molecule has 0 aromatic rings. The van der Waals surface area contributed by atoms with Crippen molar-refractivity contribution in [2.45, 2.75) is 58.0 Å². The summed E-state index contributed by atoms with van der Waals surface area (Å²) in [5.74, 6) is 0.830. The van der Waals surface area contributed by atoms with Crippen molar-refractivity contribution in [1.29, 1.82) is 0 Å². The summed E-state index contributed by atoms with van der Waals surface area (Å²) in [6.07, 6.45) is 7.37. The third-order valence-electron chi connectivity index (χ3n) is 4.60. The second kappa shape index (κ2) is 1.98. The minimum atomic E-state index is -0.275. The molecule has 1 N–H and O–H groups in total. The molecule has 4 aliphatic carbocycles. The molecule has 4 aliphatic rings. The van der Waals surface area contributed by atoms with E-state index in [2.05, 4.69) is 13.8 Å². The van der Waals surface area contributed by atoms with Crippen LogP contribution in [0, 0.1) is 16.7 Å². The lowest BCUT2D eigenvalue weighted by molar-refractivity contribution is -0.189. The zero-order chi connectivity index (χ0) is 9.32. The van der Waals surface area contributed by atoms with Gasteiger partial charge in [-0.1, -0.05) is 13.8 Å². The number of aliphatic hydroxyl groups is 1. The van der Waals surface area contributed by atoms with Gasteiger partial charge in [0.2, 0.25) is 0 Å². The van der Waals surface area contributed by atoms with Crippen molar-refractivity contribution in [1.82, 2.24) is 0 Å². The number of rotatable bonds is 0. The first-order chi connectivity index (χ1) is 5.91. The Morgan fingerprint density at radius 3 is 1.85 bits per heavy atom. The molecule has 74 valence electrons. The molecule has 0 amide bonds. The van der Waals surface area contributed by atoms with Crippen LogP contribution in [-0.2, 0) is 0 Å². The quantitative estimate of drug-likeness (QED) is 0.607. The molecular formula is C12H20O. The van der Waals surface area contributed by atoms with Gasteiger partial charge in [0.1, 0.15) is 0 Å². The Balaban J connectivity index is 2.03. The molecule has 4 bridgehead atoms. The Kier molecular flexibility index (Phi) is 1.26. The van der Waals surface area contributed by atoms with E-state index in [0.29, 0.717) is 10.8 Å². The zero-order valence-corrected chi connectivity index (χ0v) is 8.77. The van der Waals surface area contributed by atoms with Crippen molar-refractivity contribution in [3.8, 4) is 0 Å². The lowest BCUT2D eigenvalue weighted by Gasteiger charge is -2.63. The van der Waals surface area contributed by atoms with Crippen LogP contribution in [0.1, 0.15) is 52.4 Å². The normalized spacial score (nSPS) is 64.4. The van der Waals surface area contributed by atoms with Gasteiger partial charge in [0.25, 0.3) is 0 Å². The molecule has 0 aromatic carbocycles. The SMILES string of the molecule is CC12CC3CC(O)(C1)C[C@](C)(C3)C2. The van der Waals surface area contributed by atoms with E-state index in [-0.39, 0.29) is 5.60 Å². The average molecular weight is 180 g/mol. The topological polar surface area (TPSA) is 20.2 Å². The summed E-state index contributed by atoms with van der Waals surface area (Å²) in [5, 5.41) is 10.4. The summed E-state index contributed by atoms with van der Waals surface area (Å²) < 4.78 is 0. The van der Waals surface area contributed by atoms with Crippen molar-refractivity contribution in [2.24, 2.45) is 16.7 Å². The molecule has 4 atom stereocenters. The minimum Gasteiger partial charge on any atom is -0.390 e. The van der Waals surface area contributed by atoms with E-state index in [1.165, 1.54) is 19.3 Å². The number of hydrogen-bond donors (Lipinski definition) is 1. The summed E-state index contributed by atoms with van der Waals surface area (Å²) in [5.41, 5.74) is 0.675. The molecule has 4 fully saturated rings. The maximum Gasteiger partial charge on any atom is 0.0660 e. The van der Waals surface area contributed by atoms with Crippen LogP contribution in [0.2, 0.25) is 0 Å². The van der Waals surface area contributed by atoms with Crippen LogP contribution in [0.5, 0.6) is 0 Å². The molecule has 0 aliphatic heterocycles. The van der Waals surface area contributed by atoms with Gasteiger partial charge in [0.05, 0.1) is 5.60 Å². The summed E-state index contributed by atoms with van der Waals surface area (Å²) in [7, 11) is 0. The van der Waals surface area contributed by atoms with Crippen LogP contribution in [0.15, 0.2) is 0 Å². The van der Waals surface area contributed by atoms with E-state index in [1.807, 2.05) is 0 Å². The molecular weight excluding hydrogens is 160 g/mol. The van der Waals surface area contributed by atoms with Crippen molar-refractivity contribution in [3.05, 3.63) is 0 Å². The molecule has 13 heavy (non-hydrogen) atoms. The second-order valence-electron chi connectivity index (χ2n) is 6.85. The molecule has 0 aromatic heterocycles. The Morgan fingerprint density at radius 1 is 0.923 bits per heavy atom. The summed E-state index contributed by atoms with van der Waals surface area (Å²) in [6, 6.07) is 0. The average Bonchev–Trinajstić information content (AvgIpc) is 1.71. The first kappa shape index (κ1) is 8.28. The molecule has 1 heteroatoms. The van der Waals surface area contributed by atoms with Gasteiger partial charge in [-0.25, -0.2) is 0 Å². The third-order valence-corrected chi connectivity index (χ3v) is 4.60. The predicted octanol–water partition coefficient (Wildman–Crippen LogP) is 2.73. The van der Waals surface area contributed by atoms with Crippen LogP contribution in [-0.4, -0.2) is 10.7 Å². The fourth-order valence-electron chi connectivity index (χ4n) is 5.39. The Labute approximate surface area is 80.5 Å². The highest BCUT2D eigenvalue weighted by Crippen LogP contribution is 2.66. The third kappa shape index (κ3) is 1.09. The Morgan fingerprint density at radius 2 is 1.46 bits per heavy atom. The van der Waals surface area contributed by atoms with E-state index in [1.54, 1.807) is 0 Å². The van der Waals surface area contributed by atoms with Crippen LogP contribution in [0.25, 0.3) is 0 Å². The van der Waals surface area contributed by atoms with E-state index in [0.717, 1.165) is 25.2 Å². The summed E-state index contributed by atoms with van der Waals surface area (Å²) >= 11 is 0. The van der Waals surface area contributed by atoms with E-state index >= 15 is 0 Å². The van der Waals surface area contributed by atoms with Gasteiger partial charge < -0.3 is 5.11 Å². The fourth-order valence-corrected chi connectivity index (χ4v) is 5.39. The molecule has 3 unspecified atom stereocenters. The van der Waals surface area contributed by atoms with Gasteiger partial charge in [-0.3, -0.25) is 0 Å². The maximum atomic E-state index is 10.4. The van der Waals surface area contributed by atoms with Gasteiger partial charge in [-0.15, -0.1) is 0 Å². The van der Waals surface area contributed by atoms with Gasteiger partial charge in [0.15, 0.2) is 0 Å². The van der Waals surface area contributed by atoms with E-state index < -0.39 is 0 Å². The molecule has 0 radical (unpaired) electrons. The van der Waals surface area contributed by atoms with Crippen molar-refractivity contribution in [2.75, 3.05) is 0 Å². The molecule has 1 nitrogen and oxygen atoms in total. The highest BCUT2D eigenvalue weighted by molar-refractivity contribution is 5.10. The first-order valence-electron chi connectivity index (χ1n) is 5.63. The molecule has 0 saturated heterocycles. The maximum absolute atomic E-state index is 10.4. The fraction of sp³-hybridized carbons (Fsp3) is 1.00. The number of hydrogen-bond acceptors (Lipinski definition) is 1. The molecule has 0 spiro atoms. The highest BCUT2D eigenvalue weighted by atomic mass is 16.3. The molecule has 4 saturated carbocycles. The van der Waals surface area contributed by atoms with Crippen LogP contribution >= 0.6 is 0 Å². The molecule has 4 rings (SSSR count). The predicted molar refractivity (Wildman–Crippen MR) is 52.4 cm³/mol. The van der Waals surface area contributed by atoms with Crippen molar-refractivity contribution >= 4 is 0 Å². The summed E-state index contributed by atoms with van der Waals surface area (Å²) in [4.78, 5) is 0. The van der Waals surface area contributed by atoms with Gasteiger partial charge >= 0.3 is 0 Å². The lowest BCUT2D eigenvalue weighted by Crippen LogP contribution is -2.58. The van der Waals surface area contributed by atoms with E-state index in [9.17, 15) is 5.11 Å². The monoisotopic (exact) mass is 180 g/mol.